The van der Waals surface area contributed by atoms with Crippen LogP contribution < -0.4 is 10.1 Å². The molecule has 2 amide bonds. The Balaban J connectivity index is 1.25. The number of amides is 2. The fraction of sp³-hybridized carbons (Fsp3) is 0.261. The van der Waals surface area contributed by atoms with Crippen LogP contribution in [0.25, 0.3) is 0 Å². The van der Waals surface area contributed by atoms with Gasteiger partial charge in [0.15, 0.2) is 0 Å². The van der Waals surface area contributed by atoms with Crippen LogP contribution in [0.4, 0.5) is 5.69 Å². The Kier molecular flexibility index (Phi) is 6.52. The third-order valence-corrected chi connectivity index (χ3v) is 5.47. The molecule has 2 aromatic carbocycles. The van der Waals surface area contributed by atoms with Gasteiger partial charge in [0, 0.05) is 24.3 Å². The smallest absolute Gasteiger partial charge is 0.244 e. The van der Waals surface area contributed by atoms with E-state index in [9.17, 15) is 9.59 Å². The number of hydrogen-bond donors (Lipinski definition) is 1. The molecule has 8 heteroatoms. The number of fused-ring (bicyclic) bond motifs is 1. The van der Waals surface area contributed by atoms with E-state index in [4.69, 9.17) is 16.3 Å². The fourth-order valence-electron chi connectivity index (χ4n) is 3.53. The van der Waals surface area contributed by atoms with Gasteiger partial charge in [0.05, 0.1) is 24.9 Å². The van der Waals surface area contributed by atoms with Crippen molar-refractivity contribution in [2.24, 2.45) is 0 Å². The van der Waals surface area contributed by atoms with Crippen molar-refractivity contribution in [3.05, 3.63) is 77.1 Å². The number of rotatable bonds is 7. The van der Waals surface area contributed by atoms with Crippen LogP contribution in [-0.4, -0.2) is 39.6 Å². The van der Waals surface area contributed by atoms with Crippen molar-refractivity contribution in [3.8, 4) is 5.75 Å². The molecule has 2 heterocycles. The first-order chi connectivity index (χ1) is 15.1. The maximum atomic E-state index is 12.7. The van der Waals surface area contributed by atoms with Gasteiger partial charge in [-0.3, -0.25) is 14.3 Å². The average Bonchev–Trinajstić information content (AvgIpc) is 3.21. The molecule has 0 saturated heterocycles. The molecule has 0 atom stereocenters. The summed E-state index contributed by atoms with van der Waals surface area (Å²) in [6.07, 6.45) is 4.15. The van der Waals surface area contributed by atoms with Gasteiger partial charge in [-0.2, -0.15) is 5.10 Å². The predicted octanol–water partition coefficient (Wildman–Crippen LogP) is 3.53. The van der Waals surface area contributed by atoms with Gasteiger partial charge in [-0.1, -0.05) is 41.9 Å². The van der Waals surface area contributed by atoms with Crippen molar-refractivity contribution in [2.45, 2.75) is 25.9 Å². The van der Waals surface area contributed by atoms with Gasteiger partial charge in [-0.05, 0) is 35.7 Å². The van der Waals surface area contributed by atoms with Gasteiger partial charge < -0.3 is 15.0 Å². The van der Waals surface area contributed by atoms with E-state index in [1.165, 1.54) is 10.9 Å². The second kappa shape index (κ2) is 9.66. The van der Waals surface area contributed by atoms with Crippen LogP contribution >= 0.6 is 11.6 Å². The number of ether oxygens (including phenoxy) is 1. The Morgan fingerprint density at radius 2 is 1.97 bits per heavy atom. The normalized spacial score (nSPS) is 12.9. The predicted molar refractivity (Wildman–Crippen MR) is 118 cm³/mol. The van der Waals surface area contributed by atoms with Gasteiger partial charge in [0.25, 0.3) is 0 Å². The molecule has 0 bridgehead atoms. The molecule has 1 N–H and O–H groups in total. The number of hydrogen-bond acceptors (Lipinski definition) is 4. The van der Waals surface area contributed by atoms with Gasteiger partial charge in [-0.15, -0.1) is 0 Å². The van der Waals surface area contributed by atoms with Crippen molar-refractivity contribution in [2.75, 3.05) is 18.5 Å². The molecule has 160 valence electrons. The highest BCUT2D eigenvalue weighted by Crippen LogP contribution is 2.26. The molecule has 0 aliphatic carbocycles. The molecule has 7 nitrogen and oxygen atoms in total. The highest BCUT2D eigenvalue weighted by molar-refractivity contribution is 6.31. The van der Waals surface area contributed by atoms with Crippen molar-refractivity contribution in [3.63, 3.8) is 0 Å². The Labute approximate surface area is 185 Å². The summed E-state index contributed by atoms with van der Waals surface area (Å²) in [7, 11) is 0. The lowest BCUT2D eigenvalue weighted by molar-refractivity contribution is -0.133. The Bertz CT molecular complexity index is 1070. The lowest BCUT2D eigenvalue weighted by Crippen LogP contribution is -2.38. The van der Waals surface area contributed by atoms with Crippen LogP contribution in [0.3, 0.4) is 0 Å². The number of carbonyl (C=O) groups is 2. The number of halogens is 1. The Hall–Kier alpha value is -3.32. The number of aromatic nitrogens is 2. The first-order valence-corrected chi connectivity index (χ1v) is 10.5. The lowest BCUT2D eigenvalue weighted by atomic mass is 10.00. The first-order valence-electron chi connectivity index (χ1n) is 10.1. The number of carbonyl (C=O) groups excluding carboxylic acids is 2. The summed E-state index contributed by atoms with van der Waals surface area (Å²) in [4.78, 5) is 26.6. The zero-order valence-corrected chi connectivity index (χ0v) is 17.7. The number of anilines is 1. The van der Waals surface area contributed by atoms with Crippen LogP contribution in [0, 0.1) is 0 Å². The molecular weight excluding hydrogens is 416 g/mol. The Morgan fingerprint density at radius 3 is 2.81 bits per heavy atom. The van der Waals surface area contributed by atoms with E-state index >= 15 is 0 Å². The average molecular weight is 439 g/mol. The highest BCUT2D eigenvalue weighted by atomic mass is 35.5. The van der Waals surface area contributed by atoms with Gasteiger partial charge in [0.1, 0.15) is 12.3 Å². The topological polar surface area (TPSA) is 76.5 Å². The van der Waals surface area contributed by atoms with Gasteiger partial charge >= 0.3 is 0 Å². The van der Waals surface area contributed by atoms with Crippen molar-refractivity contribution in [1.82, 2.24) is 14.7 Å². The van der Waals surface area contributed by atoms with Crippen LogP contribution in [-0.2, 0) is 29.1 Å². The van der Waals surface area contributed by atoms with E-state index in [2.05, 4.69) is 10.4 Å². The number of benzene rings is 2. The summed E-state index contributed by atoms with van der Waals surface area (Å²) in [5.41, 5.74) is 2.75. The molecule has 0 radical (unpaired) electrons. The van der Waals surface area contributed by atoms with E-state index in [-0.39, 0.29) is 31.4 Å². The monoisotopic (exact) mass is 438 g/mol. The van der Waals surface area contributed by atoms with Crippen molar-refractivity contribution < 1.29 is 14.3 Å². The first kappa shape index (κ1) is 20.9. The molecule has 0 fully saturated rings. The minimum absolute atomic E-state index is 0.0251. The van der Waals surface area contributed by atoms with Crippen LogP contribution in [0.1, 0.15) is 17.5 Å². The molecule has 0 unspecified atom stereocenters. The summed E-state index contributed by atoms with van der Waals surface area (Å²) >= 11 is 6.25. The van der Waals surface area contributed by atoms with E-state index in [0.29, 0.717) is 18.8 Å². The van der Waals surface area contributed by atoms with Crippen LogP contribution in [0.5, 0.6) is 5.75 Å². The number of para-hydroxylation sites is 1. The van der Waals surface area contributed by atoms with Gasteiger partial charge in [-0.25, -0.2) is 0 Å². The SMILES string of the molecule is O=C(CCOc1ccccc1)Nc1cnn(CC(=O)N2CCc3c(Cl)cccc3C2)c1. The maximum Gasteiger partial charge on any atom is 0.244 e. The molecule has 0 spiro atoms. The summed E-state index contributed by atoms with van der Waals surface area (Å²) in [6.45, 7) is 1.56. The highest BCUT2D eigenvalue weighted by Gasteiger charge is 2.22. The lowest BCUT2D eigenvalue weighted by Gasteiger charge is -2.29. The summed E-state index contributed by atoms with van der Waals surface area (Å²) < 4.78 is 7.07. The molecule has 1 aliphatic heterocycles. The summed E-state index contributed by atoms with van der Waals surface area (Å²) in [5.74, 6) is 0.526. The van der Waals surface area contributed by atoms with E-state index in [1.54, 1.807) is 11.1 Å². The second-order valence-electron chi connectivity index (χ2n) is 7.33. The largest absolute Gasteiger partial charge is 0.493 e. The zero-order valence-electron chi connectivity index (χ0n) is 17.0. The molecule has 0 saturated carbocycles. The van der Waals surface area contributed by atoms with Crippen molar-refractivity contribution in [1.29, 1.82) is 0 Å². The maximum absolute atomic E-state index is 12.7. The van der Waals surface area contributed by atoms with Crippen LogP contribution in [0.15, 0.2) is 60.9 Å². The standard InChI is InChI=1S/C23H23ClN4O3/c24-21-8-4-5-17-14-27(11-9-20(17)21)23(30)16-28-15-18(13-25-28)26-22(29)10-12-31-19-6-2-1-3-7-19/h1-8,13,15H,9-12,14,16H2,(H,26,29). The Morgan fingerprint density at radius 1 is 1.13 bits per heavy atom. The third-order valence-electron chi connectivity index (χ3n) is 5.12. The van der Waals surface area contributed by atoms with Crippen molar-refractivity contribution >= 4 is 29.1 Å². The number of nitrogens with zero attached hydrogens (tertiary/aromatic N) is 3. The van der Waals surface area contributed by atoms with Crippen LogP contribution in [0.2, 0.25) is 5.02 Å². The molecule has 3 aromatic rings. The fourth-order valence-corrected chi connectivity index (χ4v) is 3.82. The summed E-state index contributed by atoms with van der Waals surface area (Å²) in [6, 6.07) is 15.1. The quantitative estimate of drug-likeness (QED) is 0.612. The molecule has 1 aromatic heterocycles. The molecule has 4 rings (SSSR count). The summed E-state index contributed by atoms with van der Waals surface area (Å²) in [5, 5.41) is 7.73. The van der Waals surface area contributed by atoms with E-state index in [0.717, 1.165) is 28.3 Å². The molecule has 31 heavy (non-hydrogen) atoms. The number of nitrogens with one attached hydrogen (secondary N) is 1. The van der Waals surface area contributed by atoms with E-state index in [1.807, 2.05) is 48.5 Å². The second-order valence-corrected chi connectivity index (χ2v) is 7.74. The minimum atomic E-state index is -0.175. The third kappa shape index (κ3) is 5.44. The van der Waals surface area contributed by atoms with Gasteiger partial charge in [0.2, 0.25) is 11.8 Å². The molecular formula is C23H23ClN4O3. The molecule has 1 aliphatic rings. The van der Waals surface area contributed by atoms with E-state index < -0.39 is 0 Å². The minimum Gasteiger partial charge on any atom is -0.493 e. The zero-order chi connectivity index (χ0) is 21.6.